The summed E-state index contributed by atoms with van der Waals surface area (Å²) >= 11 is 0. The van der Waals surface area contributed by atoms with Gasteiger partial charge < -0.3 is 20.1 Å². The summed E-state index contributed by atoms with van der Waals surface area (Å²) in [6.07, 6.45) is 7.38. The molecule has 0 aromatic heterocycles. The Morgan fingerprint density at radius 1 is 1.03 bits per heavy atom. The highest BCUT2D eigenvalue weighted by atomic mass is 16.5. The van der Waals surface area contributed by atoms with Crippen LogP contribution in [-0.2, 0) is 16.1 Å². The molecule has 2 aromatic carbocycles. The van der Waals surface area contributed by atoms with Crippen LogP contribution in [0.5, 0.6) is 11.5 Å². The van der Waals surface area contributed by atoms with E-state index in [-0.39, 0.29) is 17.7 Å². The molecule has 1 fully saturated rings. The van der Waals surface area contributed by atoms with Gasteiger partial charge in [0.05, 0.1) is 14.2 Å². The average Bonchev–Trinajstić information content (AvgIpc) is 3.31. The van der Waals surface area contributed by atoms with Crippen molar-refractivity contribution in [2.75, 3.05) is 19.5 Å². The van der Waals surface area contributed by atoms with Gasteiger partial charge in [-0.1, -0.05) is 31.0 Å². The molecule has 3 rings (SSSR count). The van der Waals surface area contributed by atoms with Crippen LogP contribution in [0.15, 0.2) is 48.5 Å². The standard InChI is InChI=1S/C24H28N2O4/c1-29-21-12-10-17(15-22(21)30-2)11-13-23(27)25-16-18-6-5-9-20(14-18)26-24(28)19-7-3-4-8-19/h5-6,9-15,19H,3-4,7-8,16H2,1-2H3,(H,25,27)(H,26,28). The predicted molar refractivity (Wildman–Crippen MR) is 117 cm³/mol. The summed E-state index contributed by atoms with van der Waals surface area (Å²) in [4.78, 5) is 24.5. The highest BCUT2D eigenvalue weighted by Crippen LogP contribution is 2.28. The number of hydrogen-bond donors (Lipinski definition) is 2. The number of nitrogens with one attached hydrogen (secondary N) is 2. The van der Waals surface area contributed by atoms with Crippen molar-refractivity contribution in [2.45, 2.75) is 32.2 Å². The number of ether oxygens (including phenoxy) is 2. The van der Waals surface area contributed by atoms with E-state index < -0.39 is 0 Å². The fourth-order valence-corrected chi connectivity index (χ4v) is 3.57. The second-order valence-electron chi connectivity index (χ2n) is 7.34. The molecule has 0 heterocycles. The summed E-state index contributed by atoms with van der Waals surface area (Å²) in [5.74, 6) is 1.25. The molecule has 1 aliphatic carbocycles. The molecular weight excluding hydrogens is 380 g/mol. The SMILES string of the molecule is COc1ccc(C=CC(=O)NCc2cccc(NC(=O)C3CCCC3)c2)cc1OC. The second-order valence-corrected chi connectivity index (χ2v) is 7.34. The Kier molecular flexibility index (Phi) is 7.49. The third-order valence-corrected chi connectivity index (χ3v) is 5.22. The number of benzene rings is 2. The molecule has 6 heteroatoms. The lowest BCUT2D eigenvalue weighted by Crippen LogP contribution is -2.21. The molecule has 0 atom stereocenters. The molecule has 1 saturated carbocycles. The van der Waals surface area contributed by atoms with Gasteiger partial charge in [0, 0.05) is 24.2 Å². The fourth-order valence-electron chi connectivity index (χ4n) is 3.57. The Hall–Kier alpha value is -3.28. The van der Waals surface area contributed by atoms with Crippen molar-refractivity contribution in [3.63, 3.8) is 0 Å². The molecule has 30 heavy (non-hydrogen) atoms. The van der Waals surface area contributed by atoms with Gasteiger partial charge in [0.25, 0.3) is 0 Å². The highest BCUT2D eigenvalue weighted by molar-refractivity contribution is 5.93. The van der Waals surface area contributed by atoms with Crippen molar-refractivity contribution in [3.8, 4) is 11.5 Å². The summed E-state index contributed by atoms with van der Waals surface area (Å²) in [5.41, 5.74) is 2.52. The third-order valence-electron chi connectivity index (χ3n) is 5.22. The molecule has 0 radical (unpaired) electrons. The number of methoxy groups -OCH3 is 2. The summed E-state index contributed by atoms with van der Waals surface area (Å²) in [5, 5.41) is 5.85. The van der Waals surface area contributed by atoms with Crippen LogP contribution in [0.1, 0.15) is 36.8 Å². The first-order chi connectivity index (χ1) is 14.6. The minimum Gasteiger partial charge on any atom is -0.493 e. The van der Waals surface area contributed by atoms with Crippen LogP contribution in [0, 0.1) is 5.92 Å². The van der Waals surface area contributed by atoms with Crippen LogP contribution >= 0.6 is 0 Å². The number of rotatable bonds is 8. The van der Waals surface area contributed by atoms with Crippen LogP contribution in [-0.4, -0.2) is 26.0 Å². The lowest BCUT2D eigenvalue weighted by Gasteiger charge is -2.11. The zero-order chi connectivity index (χ0) is 21.3. The monoisotopic (exact) mass is 408 g/mol. The van der Waals surface area contributed by atoms with Crippen LogP contribution in [0.4, 0.5) is 5.69 Å². The first-order valence-corrected chi connectivity index (χ1v) is 10.2. The summed E-state index contributed by atoms with van der Waals surface area (Å²) in [6, 6.07) is 13.0. The normalized spacial score (nSPS) is 13.9. The molecule has 0 bridgehead atoms. The Bertz CT molecular complexity index is 917. The summed E-state index contributed by atoms with van der Waals surface area (Å²) in [6.45, 7) is 0.377. The zero-order valence-electron chi connectivity index (χ0n) is 17.4. The first kappa shape index (κ1) is 21.4. The van der Waals surface area contributed by atoms with Gasteiger partial charge in [-0.2, -0.15) is 0 Å². The largest absolute Gasteiger partial charge is 0.493 e. The second kappa shape index (κ2) is 10.5. The number of anilines is 1. The van der Waals surface area contributed by atoms with Crippen molar-refractivity contribution < 1.29 is 19.1 Å². The van der Waals surface area contributed by atoms with Crippen molar-refractivity contribution in [3.05, 3.63) is 59.7 Å². The molecule has 0 unspecified atom stereocenters. The van der Waals surface area contributed by atoms with E-state index in [2.05, 4.69) is 10.6 Å². The lowest BCUT2D eigenvalue weighted by atomic mass is 10.1. The molecule has 0 aliphatic heterocycles. The van der Waals surface area contributed by atoms with Gasteiger partial charge in [0.15, 0.2) is 11.5 Å². The molecule has 2 N–H and O–H groups in total. The van der Waals surface area contributed by atoms with Crippen LogP contribution in [0.3, 0.4) is 0 Å². The van der Waals surface area contributed by atoms with Crippen LogP contribution in [0.2, 0.25) is 0 Å². The zero-order valence-corrected chi connectivity index (χ0v) is 17.4. The highest BCUT2D eigenvalue weighted by Gasteiger charge is 2.22. The maximum atomic E-state index is 12.3. The Morgan fingerprint density at radius 2 is 1.80 bits per heavy atom. The molecule has 0 saturated heterocycles. The van der Waals surface area contributed by atoms with E-state index in [0.29, 0.717) is 18.0 Å². The van der Waals surface area contributed by atoms with E-state index in [9.17, 15) is 9.59 Å². The maximum Gasteiger partial charge on any atom is 0.244 e. The molecule has 0 spiro atoms. The number of carbonyl (C=O) groups is 2. The molecule has 2 amide bonds. The maximum absolute atomic E-state index is 12.3. The molecule has 6 nitrogen and oxygen atoms in total. The van der Waals surface area contributed by atoms with Gasteiger partial charge in [-0.25, -0.2) is 0 Å². The summed E-state index contributed by atoms with van der Waals surface area (Å²) in [7, 11) is 3.15. The summed E-state index contributed by atoms with van der Waals surface area (Å²) < 4.78 is 10.5. The van der Waals surface area contributed by atoms with E-state index in [1.165, 1.54) is 6.08 Å². The number of amides is 2. The number of carbonyl (C=O) groups excluding carboxylic acids is 2. The number of hydrogen-bond acceptors (Lipinski definition) is 4. The van der Waals surface area contributed by atoms with Crippen molar-refractivity contribution >= 4 is 23.6 Å². The fraction of sp³-hybridized carbons (Fsp3) is 0.333. The van der Waals surface area contributed by atoms with Gasteiger partial charge >= 0.3 is 0 Å². The van der Waals surface area contributed by atoms with Gasteiger partial charge in [0.1, 0.15) is 0 Å². The van der Waals surface area contributed by atoms with Crippen molar-refractivity contribution in [2.24, 2.45) is 5.92 Å². The van der Waals surface area contributed by atoms with E-state index in [0.717, 1.165) is 42.5 Å². The van der Waals surface area contributed by atoms with Crippen molar-refractivity contribution in [1.82, 2.24) is 5.32 Å². The van der Waals surface area contributed by atoms with Gasteiger partial charge in [-0.05, 0) is 54.3 Å². The van der Waals surface area contributed by atoms with Crippen LogP contribution in [0.25, 0.3) is 6.08 Å². The van der Waals surface area contributed by atoms with Gasteiger partial charge in [-0.15, -0.1) is 0 Å². The molecule has 1 aliphatic rings. The molecule has 2 aromatic rings. The minimum atomic E-state index is -0.204. The van der Waals surface area contributed by atoms with E-state index in [4.69, 9.17) is 9.47 Å². The van der Waals surface area contributed by atoms with Gasteiger partial charge in [0.2, 0.25) is 11.8 Å². The Morgan fingerprint density at radius 3 is 2.53 bits per heavy atom. The average molecular weight is 408 g/mol. The molecular formula is C24H28N2O4. The Labute approximate surface area is 177 Å². The molecule has 158 valence electrons. The Balaban J connectivity index is 1.53. The van der Waals surface area contributed by atoms with E-state index in [1.807, 2.05) is 30.3 Å². The third kappa shape index (κ3) is 5.86. The van der Waals surface area contributed by atoms with Crippen LogP contribution < -0.4 is 20.1 Å². The quantitative estimate of drug-likeness (QED) is 0.643. The minimum absolute atomic E-state index is 0.0894. The topological polar surface area (TPSA) is 76.7 Å². The van der Waals surface area contributed by atoms with Crippen molar-refractivity contribution in [1.29, 1.82) is 0 Å². The lowest BCUT2D eigenvalue weighted by molar-refractivity contribution is -0.119. The van der Waals surface area contributed by atoms with E-state index in [1.54, 1.807) is 32.4 Å². The predicted octanol–water partition coefficient (Wildman–Crippen LogP) is 4.16. The van der Waals surface area contributed by atoms with E-state index >= 15 is 0 Å². The smallest absolute Gasteiger partial charge is 0.244 e. The first-order valence-electron chi connectivity index (χ1n) is 10.2. The van der Waals surface area contributed by atoms with Gasteiger partial charge in [-0.3, -0.25) is 9.59 Å².